The maximum atomic E-state index is 13.7. The van der Waals surface area contributed by atoms with Crippen LogP contribution in [0, 0.1) is 12.7 Å². The molecule has 0 atom stereocenters. The second-order valence-corrected chi connectivity index (χ2v) is 5.87. The molecule has 1 saturated carbocycles. The number of benzene rings is 2. The van der Waals surface area contributed by atoms with Crippen molar-refractivity contribution >= 4 is 17.3 Å². The van der Waals surface area contributed by atoms with Gasteiger partial charge in [-0.15, -0.1) is 0 Å². The molecule has 104 valence electrons. The van der Waals surface area contributed by atoms with Crippen molar-refractivity contribution in [3.8, 4) is 0 Å². The molecule has 0 saturated heterocycles. The van der Waals surface area contributed by atoms with Crippen LogP contribution in [0.5, 0.6) is 0 Å². The number of para-hydroxylation sites is 1. The Morgan fingerprint density at radius 1 is 1.10 bits per heavy atom. The van der Waals surface area contributed by atoms with Gasteiger partial charge in [-0.05, 0) is 48.9 Å². The molecule has 0 amide bonds. The van der Waals surface area contributed by atoms with Crippen LogP contribution >= 0.6 is 11.6 Å². The van der Waals surface area contributed by atoms with Gasteiger partial charge in [-0.2, -0.15) is 0 Å². The van der Waals surface area contributed by atoms with E-state index in [9.17, 15) is 4.39 Å². The monoisotopic (exact) mass is 289 g/mol. The minimum Gasteiger partial charge on any atom is -0.379 e. The third-order valence-electron chi connectivity index (χ3n) is 4.08. The molecule has 0 aliphatic heterocycles. The van der Waals surface area contributed by atoms with Crippen molar-refractivity contribution in [1.82, 2.24) is 0 Å². The SMILES string of the molecule is Cc1ccccc1C1CC(Nc2c(F)cccc2Cl)C1. The zero-order valence-corrected chi connectivity index (χ0v) is 12.1. The predicted molar refractivity (Wildman–Crippen MR) is 82.0 cm³/mol. The first-order valence-electron chi connectivity index (χ1n) is 6.91. The van der Waals surface area contributed by atoms with Gasteiger partial charge < -0.3 is 5.32 Å². The summed E-state index contributed by atoms with van der Waals surface area (Å²) in [4.78, 5) is 0. The van der Waals surface area contributed by atoms with Crippen LogP contribution in [-0.2, 0) is 0 Å². The molecule has 3 heteroatoms. The highest BCUT2D eigenvalue weighted by atomic mass is 35.5. The molecule has 20 heavy (non-hydrogen) atoms. The standard InChI is InChI=1S/C17H17ClFN/c1-11-5-2-3-6-14(11)12-9-13(10-12)20-17-15(18)7-4-8-16(17)19/h2-8,12-13,20H,9-10H2,1H3. The number of hydrogen-bond acceptors (Lipinski definition) is 1. The first-order chi connectivity index (χ1) is 9.65. The van der Waals surface area contributed by atoms with Gasteiger partial charge in [0.15, 0.2) is 0 Å². The van der Waals surface area contributed by atoms with Crippen molar-refractivity contribution < 1.29 is 4.39 Å². The van der Waals surface area contributed by atoms with Crippen LogP contribution in [-0.4, -0.2) is 6.04 Å². The quantitative estimate of drug-likeness (QED) is 0.824. The lowest BCUT2D eigenvalue weighted by Gasteiger charge is -2.37. The van der Waals surface area contributed by atoms with Crippen LogP contribution in [0.1, 0.15) is 29.9 Å². The Morgan fingerprint density at radius 3 is 2.55 bits per heavy atom. The summed E-state index contributed by atoms with van der Waals surface area (Å²) in [6.45, 7) is 2.14. The lowest BCUT2D eigenvalue weighted by atomic mass is 9.74. The second kappa shape index (κ2) is 5.45. The summed E-state index contributed by atoms with van der Waals surface area (Å²) in [6, 6.07) is 13.5. The Bertz CT molecular complexity index is 600. The molecule has 0 aromatic heterocycles. The van der Waals surface area contributed by atoms with E-state index in [1.807, 2.05) is 0 Å². The number of halogens is 2. The number of aryl methyl sites for hydroxylation is 1. The minimum atomic E-state index is -0.281. The Balaban J connectivity index is 1.66. The first-order valence-corrected chi connectivity index (χ1v) is 7.29. The number of rotatable bonds is 3. The Kier molecular flexibility index (Phi) is 3.66. The maximum Gasteiger partial charge on any atom is 0.147 e. The highest BCUT2D eigenvalue weighted by Gasteiger charge is 2.31. The van der Waals surface area contributed by atoms with Crippen molar-refractivity contribution in [1.29, 1.82) is 0 Å². The fourth-order valence-electron chi connectivity index (χ4n) is 2.87. The smallest absolute Gasteiger partial charge is 0.147 e. The summed E-state index contributed by atoms with van der Waals surface area (Å²) in [6.07, 6.45) is 2.05. The Labute approximate surface area is 123 Å². The molecule has 2 aromatic rings. The molecule has 0 bridgehead atoms. The molecular weight excluding hydrogens is 273 g/mol. The van der Waals surface area contributed by atoms with Gasteiger partial charge in [0.1, 0.15) is 5.82 Å². The molecule has 0 radical (unpaired) electrons. The van der Waals surface area contributed by atoms with E-state index in [4.69, 9.17) is 11.6 Å². The molecular formula is C17H17ClFN. The fraction of sp³-hybridized carbons (Fsp3) is 0.294. The summed E-state index contributed by atoms with van der Waals surface area (Å²) in [5.74, 6) is 0.288. The minimum absolute atomic E-state index is 0.281. The molecule has 1 N–H and O–H groups in total. The van der Waals surface area contributed by atoms with Gasteiger partial charge in [-0.1, -0.05) is 41.9 Å². The zero-order chi connectivity index (χ0) is 14.1. The average Bonchev–Trinajstić information content (AvgIpc) is 2.37. The molecule has 0 heterocycles. The third-order valence-corrected chi connectivity index (χ3v) is 4.39. The largest absolute Gasteiger partial charge is 0.379 e. The van der Waals surface area contributed by atoms with Crippen molar-refractivity contribution in [2.24, 2.45) is 0 Å². The maximum absolute atomic E-state index is 13.7. The van der Waals surface area contributed by atoms with Gasteiger partial charge in [0.05, 0.1) is 10.7 Å². The Morgan fingerprint density at radius 2 is 1.85 bits per heavy atom. The van der Waals surface area contributed by atoms with Gasteiger partial charge in [0, 0.05) is 6.04 Å². The van der Waals surface area contributed by atoms with E-state index < -0.39 is 0 Å². The van der Waals surface area contributed by atoms with E-state index >= 15 is 0 Å². The number of hydrogen-bond donors (Lipinski definition) is 1. The fourth-order valence-corrected chi connectivity index (χ4v) is 3.09. The summed E-state index contributed by atoms with van der Waals surface area (Å²) in [5.41, 5.74) is 3.17. The molecule has 3 rings (SSSR count). The molecule has 1 fully saturated rings. The molecule has 1 aliphatic carbocycles. The topological polar surface area (TPSA) is 12.0 Å². The van der Waals surface area contributed by atoms with Gasteiger partial charge in [-0.25, -0.2) is 4.39 Å². The molecule has 0 unspecified atom stereocenters. The predicted octanol–water partition coefficient (Wildman–Crippen LogP) is 5.15. The second-order valence-electron chi connectivity index (χ2n) is 5.46. The summed E-state index contributed by atoms with van der Waals surface area (Å²) >= 11 is 6.03. The van der Waals surface area contributed by atoms with E-state index in [1.54, 1.807) is 12.1 Å². The third kappa shape index (κ3) is 2.53. The molecule has 1 aliphatic rings. The zero-order valence-electron chi connectivity index (χ0n) is 11.4. The van der Waals surface area contributed by atoms with E-state index in [-0.39, 0.29) is 5.82 Å². The molecule has 1 nitrogen and oxygen atoms in total. The van der Waals surface area contributed by atoms with Crippen molar-refractivity contribution in [2.45, 2.75) is 31.7 Å². The molecule has 2 aromatic carbocycles. The van der Waals surface area contributed by atoms with Gasteiger partial charge in [-0.3, -0.25) is 0 Å². The van der Waals surface area contributed by atoms with Crippen LogP contribution in [0.25, 0.3) is 0 Å². The number of nitrogens with one attached hydrogen (secondary N) is 1. The van der Waals surface area contributed by atoms with Crippen LogP contribution in [0.4, 0.5) is 10.1 Å². The van der Waals surface area contributed by atoms with Crippen molar-refractivity contribution in [2.75, 3.05) is 5.32 Å². The highest BCUT2D eigenvalue weighted by molar-refractivity contribution is 6.33. The van der Waals surface area contributed by atoms with E-state index in [2.05, 4.69) is 36.5 Å². The van der Waals surface area contributed by atoms with Gasteiger partial charge in [0.2, 0.25) is 0 Å². The summed E-state index contributed by atoms with van der Waals surface area (Å²) < 4.78 is 13.7. The normalized spacial score (nSPS) is 21.4. The van der Waals surface area contributed by atoms with Crippen LogP contribution in [0.2, 0.25) is 5.02 Å². The lowest BCUT2D eigenvalue weighted by molar-refractivity contribution is 0.372. The van der Waals surface area contributed by atoms with Crippen molar-refractivity contribution in [3.63, 3.8) is 0 Å². The van der Waals surface area contributed by atoms with Crippen LogP contribution in [0.15, 0.2) is 42.5 Å². The van der Waals surface area contributed by atoms with E-state index in [0.29, 0.717) is 22.7 Å². The van der Waals surface area contributed by atoms with Gasteiger partial charge >= 0.3 is 0 Å². The summed E-state index contributed by atoms with van der Waals surface area (Å²) in [7, 11) is 0. The highest BCUT2D eigenvalue weighted by Crippen LogP contribution is 2.40. The summed E-state index contributed by atoms with van der Waals surface area (Å²) in [5, 5.41) is 3.68. The van der Waals surface area contributed by atoms with Crippen LogP contribution in [0.3, 0.4) is 0 Å². The average molecular weight is 290 g/mol. The van der Waals surface area contributed by atoms with E-state index in [1.165, 1.54) is 17.2 Å². The van der Waals surface area contributed by atoms with Crippen molar-refractivity contribution in [3.05, 3.63) is 64.4 Å². The molecule has 0 spiro atoms. The first kappa shape index (κ1) is 13.4. The van der Waals surface area contributed by atoms with Crippen LogP contribution < -0.4 is 5.32 Å². The van der Waals surface area contributed by atoms with E-state index in [0.717, 1.165) is 12.8 Å². The number of anilines is 1. The Hall–Kier alpha value is -1.54. The van der Waals surface area contributed by atoms with Gasteiger partial charge in [0.25, 0.3) is 0 Å². The lowest BCUT2D eigenvalue weighted by Crippen LogP contribution is -2.34.